The van der Waals surface area contributed by atoms with Gasteiger partial charge >= 0.3 is 6.18 Å². The molecule has 1 aromatic heterocycles. The van der Waals surface area contributed by atoms with Gasteiger partial charge in [0, 0.05) is 24.9 Å². The standard InChI is InChI=1S/C17H26ClF3N4O/c1-4-24(5-2)10-11(3)22-13(26)8-9-25-15(12-6-7-12)14(18)16(23-25)17(19,20)21/h11-12H,4-10H2,1-3H3,(H,22,26)/t11-/m0/s1. The lowest BCUT2D eigenvalue weighted by molar-refractivity contribution is -0.141. The zero-order valence-corrected chi connectivity index (χ0v) is 16.1. The highest BCUT2D eigenvalue weighted by atomic mass is 35.5. The number of hydrogen-bond donors (Lipinski definition) is 1. The van der Waals surface area contributed by atoms with E-state index in [0.29, 0.717) is 5.69 Å². The molecule has 1 aliphatic rings. The summed E-state index contributed by atoms with van der Waals surface area (Å²) in [4.78, 5) is 14.3. The zero-order chi connectivity index (χ0) is 19.5. The number of nitrogens with one attached hydrogen (secondary N) is 1. The van der Waals surface area contributed by atoms with E-state index in [2.05, 4.69) is 29.2 Å². The minimum Gasteiger partial charge on any atom is -0.352 e. The first-order chi connectivity index (χ1) is 12.2. The molecule has 148 valence electrons. The molecule has 1 amide bonds. The molecule has 0 aliphatic heterocycles. The maximum Gasteiger partial charge on any atom is 0.436 e. The van der Waals surface area contributed by atoms with Crippen molar-refractivity contribution in [2.75, 3.05) is 19.6 Å². The Labute approximate surface area is 156 Å². The number of hydrogen-bond acceptors (Lipinski definition) is 3. The van der Waals surface area contributed by atoms with Crippen LogP contribution in [0.3, 0.4) is 0 Å². The van der Waals surface area contributed by atoms with Crippen LogP contribution in [-0.4, -0.2) is 46.3 Å². The molecule has 1 saturated carbocycles. The molecule has 0 saturated heterocycles. The van der Waals surface area contributed by atoms with Crippen molar-refractivity contribution in [3.63, 3.8) is 0 Å². The summed E-state index contributed by atoms with van der Waals surface area (Å²) in [5.41, 5.74) is -0.653. The van der Waals surface area contributed by atoms with Gasteiger partial charge in [0.1, 0.15) is 0 Å². The number of nitrogens with zero attached hydrogens (tertiary/aromatic N) is 3. The average Bonchev–Trinajstić information content (AvgIpc) is 3.32. The van der Waals surface area contributed by atoms with Gasteiger partial charge in [0.05, 0.1) is 17.3 Å². The van der Waals surface area contributed by atoms with Crippen molar-refractivity contribution in [1.29, 1.82) is 0 Å². The fourth-order valence-corrected chi connectivity index (χ4v) is 3.42. The third kappa shape index (κ3) is 5.36. The molecule has 5 nitrogen and oxygen atoms in total. The largest absolute Gasteiger partial charge is 0.436 e. The number of carbonyl (C=O) groups is 1. The normalized spacial score (nSPS) is 16.2. The minimum atomic E-state index is -4.59. The van der Waals surface area contributed by atoms with Crippen LogP contribution >= 0.6 is 11.6 Å². The highest BCUT2D eigenvalue weighted by molar-refractivity contribution is 6.32. The molecular formula is C17H26ClF3N4O. The number of rotatable bonds is 9. The number of alkyl halides is 3. The van der Waals surface area contributed by atoms with E-state index in [4.69, 9.17) is 11.6 Å². The lowest BCUT2D eigenvalue weighted by Crippen LogP contribution is -2.42. The number of carbonyl (C=O) groups excluding carboxylic acids is 1. The summed E-state index contributed by atoms with van der Waals surface area (Å²) in [7, 11) is 0. The van der Waals surface area contributed by atoms with Crippen molar-refractivity contribution in [1.82, 2.24) is 20.0 Å². The van der Waals surface area contributed by atoms with Crippen LogP contribution in [0.5, 0.6) is 0 Å². The fourth-order valence-electron chi connectivity index (χ4n) is 3.02. The van der Waals surface area contributed by atoms with Crippen LogP contribution in [0, 0.1) is 0 Å². The monoisotopic (exact) mass is 394 g/mol. The van der Waals surface area contributed by atoms with E-state index < -0.39 is 11.9 Å². The van der Waals surface area contributed by atoms with Crippen molar-refractivity contribution < 1.29 is 18.0 Å². The fraction of sp³-hybridized carbons (Fsp3) is 0.765. The van der Waals surface area contributed by atoms with Crippen molar-refractivity contribution in [3.05, 3.63) is 16.4 Å². The third-order valence-electron chi connectivity index (χ3n) is 4.55. The summed E-state index contributed by atoms with van der Waals surface area (Å²) in [5, 5.41) is 6.20. The second-order valence-electron chi connectivity index (χ2n) is 6.75. The Morgan fingerprint density at radius 3 is 2.50 bits per heavy atom. The molecule has 0 unspecified atom stereocenters. The van der Waals surface area contributed by atoms with Gasteiger partial charge in [0.25, 0.3) is 0 Å². The lowest BCUT2D eigenvalue weighted by Gasteiger charge is -2.23. The quantitative estimate of drug-likeness (QED) is 0.695. The summed E-state index contributed by atoms with van der Waals surface area (Å²) in [6, 6.07) is -0.0303. The molecule has 0 aromatic carbocycles. The maximum absolute atomic E-state index is 13.0. The van der Waals surface area contributed by atoms with E-state index in [0.717, 1.165) is 32.5 Å². The van der Waals surface area contributed by atoms with E-state index in [-0.39, 0.29) is 35.9 Å². The molecule has 9 heteroatoms. The maximum atomic E-state index is 13.0. The molecule has 1 aromatic rings. The SMILES string of the molecule is CCN(CC)C[C@H](C)NC(=O)CCn1nc(C(F)(F)F)c(Cl)c1C1CC1. The van der Waals surface area contributed by atoms with E-state index in [1.165, 1.54) is 4.68 Å². The number of amides is 1. The van der Waals surface area contributed by atoms with Gasteiger partial charge in [-0.1, -0.05) is 25.4 Å². The highest BCUT2D eigenvalue weighted by Gasteiger charge is 2.42. The first-order valence-electron chi connectivity index (χ1n) is 9.02. The Kier molecular flexibility index (Phi) is 6.96. The first kappa shape index (κ1) is 21.0. The van der Waals surface area contributed by atoms with Gasteiger partial charge in [-0.3, -0.25) is 9.48 Å². The zero-order valence-electron chi connectivity index (χ0n) is 15.4. The van der Waals surface area contributed by atoms with Crippen molar-refractivity contribution in [2.45, 2.75) is 64.7 Å². The molecule has 0 spiro atoms. The van der Waals surface area contributed by atoms with E-state index in [1.807, 2.05) is 6.92 Å². The molecular weight excluding hydrogens is 369 g/mol. The molecule has 2 rings (SSSR count). The first-order valence-corrected chi connectivity index (χ1v) is 9.40. The van der Waals surface area contributed by atoms with Crippen molar-refractivity contribution in [2.24, 2.45) is 0 Å². The van der Waals surface area contributed by atoms with Gasteiger partial charge < -0.3 is 10.2 Å². The van der Waals surface area contributed by atoms with Gasteiger partial charge in [0.15, 0.2) is 5.69 Å². The van der Waals surface area contributed by atoms with Crippen LogP contribution in [0.15, 0.2) is 0 Å². The van der Waals surface area contributed by atoms with Crippen LogP contribution in [-0.2, 0) is 17.5 Å². The summed E-state index contributed by atoms with van der Waals surface area (Å²) in [5.74, 6) is -0.192. The number of likely N-dealkylation sites (N-methyl/N-ethyl adjacent to an activating group) is 1. The lowest BCUT2D eigenvalue weighted by atomic mass is 10.2. The Hall–Kier alpha value is -1.28. The van der Waals surface area contributed by atoms with Crippen LogP contribution < -0.4 is 5.32 Å². The van der Waals surface area contributed by atoms with Crippen LogP contribution in [0.4, 0.5) is 13.2 Å². The van der Waals surface area contributed by atoms with E-state index in [1.54, 1.807) is 0 Å². The van der Waals surface area contributed by atoms with Crippen LogP contribution in [0.25, 0.3) is 0 Å². The molecule has 1 aliphatic carbocycles. The molecule has 0 radical (unpaired) electrons. The molecule has 1 N–H and O–H groups in total. The molecule has 1 atom stereocenters. The Bertz CT molecular complexity index is 624. The van der Waals surface area contributed by atoms with E-state index >= 15 is 0 Å². The topological polar surface area (TPSA) is 50.2 Å². The molecule has 1 fully saturated rings. The second-order valence-corrected chi connectivity index (χ2v) is 7.13. The number of halogens is 4. The Morgan fingerprint density at radius 2 is 2.00 bits per heavy atom. The predicted molar refractivity (Wildman–Crippen MR) is 94.2 cm³/mol. The Balaban J connectivity index is 1.97. The third-order valence-corrected chi connectivity index (χ3v) is 4.92. The smallest absolute Gasteiger partial charge is 0.352 e. The summed E-state index contributed by atoms with van der Waals surface area (Å²) >= 11 is 5.93. The van der Waals surface area contributed by atoms with E-state index in [9.17, 15) is 18.0 Å². The summed E-state index contributed by atoms with van der Waals surface area (Å²) < 4.78 is 40.4. The average molecular weight is 395 g/mol. The number of aromatic nitrogens is 2. The summed E-state index contributed by atoms with van der Waals surface area (Å²) in [6.45, 7) is 8.64. The summed E-state index contributed by atoms with van der Waals surface area (Å²) in [6.07, 6.45) is -2.92. The van der Waals surface area contributed by atoms with Gasteiger partial charge in [0.2, 0.25) is 5.91 Å². The number of aryl methyl sites for hydroxylation is 1. The van der Waals surface area contributed by atoms with Gasteiger partial charge in [-0.2, -0.15) is 18.3 Å². The van der Waals surface area contributed by atoms with Gasteiger partial charge in [-0.15, -0.1) is 0 Å². The van der Waals surface area contributed by atoms with Crippen LogP contribution in [0.1, 0.15) is 57.3 Å². The minimum absolute atomic E-state index is 0.00996. The van der Waals surface area contributed by atoms with Crippen LogP contribution in [0.2, 0.25) is 5.02 Å². The highest BCUT2D eigenvalue weighted by Crippen LogP contribution is 2.46. The Morgan fingerprint density at radius 1 is 1.38 bits per heavy atom. The predicted octanol–water partition coefficient (Wildman–Crippen LogP) is 3.67. The van der Waals surface area contributed by atoms with Gasteiger partial charge in [-0.25, -0.2) is 0 Å². The molecule has 0 bridgehead atoms. The van der Waals surface area contributed by atoms with Gasteiger partial charge in [-0.05, 0) is 32.9 Å². The molecule has 26 heavy (non-hydrogen) atoms. The van der Waals surface area contributed by atoms with Crippen molar-refractivity contribution in [3.8, 4) is 0 Å². The molecule has 1 heterocycles. The van der Waals surface area contributed by atoms with Crippen molar-refractivity contribution >= 4 is 17.5 Å². The second kappa shape index (κ2) is 8.61.